The zero-order valence-electron chi connectivity index (χ0n) is 10.8. The fourth-order valence-corrected chi connectivity index (χ4v) is 3.10. The van der Waals surface area contributed by atoms with Crippen LogP contribution in [0, 0.1) is 0 Å². The number of halogens is 2. The second-order valence-corrected chi connectivity index (χ2v) is 6.51. The first-order valence-electron chi connectivity index (χ1n) is 6.51. The molecule has 6 heteroatoms. The molecule has 0 atom stereocenters. The molecule has 3 N–H and O–H groups in total. The smallest absolute Gasteiger partial charge is 0.161 e. The lowest BCUT2D eigenvalue weighted by atomic mass is 9.96. The summed E-state index contributed by atoms with van der Waals surface area (Å²) >= 11 is 6.98. The average Bonchev–Trinajstić information content (AvgIpc) is 2.49. The van der Waals surface area contributed by atoms with Gasteiger partial charge in [-0.25, -0.2) is 15.8 Å². The topological polar surface area (TPSA) is 63.8 Å². The summed E-state index contributed by atoms with van der Waals surface area (Å²) in [6.07, 6.45) is 4.35. The molecule has 1 heterocycles. The molecular formula is C14H14Br2N4. The number of rotatable bonds is 2. The number of nitrogens with one attached hydrogen (secondary N) is 1. The van der Waals surface area contributed by atoms with E-state index in [1.165, 1.54) is 18.4 Å². The molecular weight excluding hydrogens is 384 g/mol. The molecule has 0 spiro atoms. The minimum Gasteiger partial charge on any atom is -0.308 e. The van der Waals surface area contributed by atoms with Gasteiger partial charge in [0.15, 0.2) is 5.82 Å². The zero-order valence-corrected chi connectivity index (χ0v) is 14.0. The number of benzene rings is 1. The molecule has 1 aromatic heterocycles. The number of nitrogen functional groups attached to an aromatic ring is 1. The van der Waals surface area contributed by atoms with Crippen LogP contribution < -0.4 is 11.3 Å². The van der Waals surface area contributed by atoms with Gasteiger partial charge < -0.3 is 5.43 Å². The molecule has 0 fully saturated rings. The molecule has 20 heavy (non-hydrogen) atoms. The van der Waals surface area contributed by atoms with Gasteiger partial charge in [-0.1, -0.05) is 0 Å². The van der Waals surface area contributed by atoms with Crippen LogP contribution in [0.15, 0.2) is 27.1 Å². The van der Waals surface area contributed by atoms with Crippen molar-refractivity contribution < 1.29 is 0 Å². The normalized spacial score (nSPS) is 13.9. The first-order chi connectivity index (χ1) is 9.69. The van der Waals surface area contributed by atoms with Crippen LogP contribution in [0.3, 0.4) is 0 Å². The van der Waals surface area contributed by atoms with E-state index in [0.29, 0.717) is 5.82 Å². The van der Waals surface area contributed by atoms with E-state index in [9.17, 15) is 0 Å². The fourth-order valence-electron chi connectivity index (χ4n) is 2.48. The van der Waals surface area contributed by atoms with E-state index in [1.807, 2.05) is 18.2 Å². The molecule has 1 aliphatic rings. The largest absolute Gasteiger partial charge is 0.308 e. The van der Waals surface area contributed by atoms with E-state index in [1.54, 1.807) is 0 Å². The number of hydrogen-bond acceptors (Lipinski definition) is 4. The molecule has 0 aliphatic heterocycles. The Hall–Kier alpha value is -0.980. The summed E-state index contributed by atoms with van der Waals surface area (Å²) in [4.78, 5) is 9.28. The second kappa shape index (κ2) is 5.79. The van der Waals surface area contributed by atoms with Crippen molar-refractivity contribution in [3.05, 3.63) is 38.4 Å². The third kappa shape index (κ3) is 2.60. The Morgan fingerprint density at radius 2 is 1.85 bits per heavy atom. The molecule has 2 aromatic rings. The molecule has 1 aliphatic carbocycles. The van der Waals surface area contributed by atoms with Gasteiger partial charge in [-0.15, -0.1) is 0 Å². The minimum atomic E-state index is 0.715. The Kier molecular flexibility index (Phi) is 4.05. The summed E-state index contributed by atoms with van der Waals surface area (Å²) in [7, 11) is 0. The molecule has 4 nitrogen and oxygen atoms in total. The van der Waals surface area contributed by atoms with Gasteiger partial charge in [-0.3, -0.25) is 0 Å². The van der Waals surface area contributed by atoms with E-state index in [2.05, 4.69) is 42.3 Å². The molecule has 0 amide bonds. The highest BCUT2D eigenvalue weighted by atomic mass is 79.9. The molecule has 0 radical (unpaired) electrons. The number of aryl methyl sites for hydroxylation is 1. The predicted octanol–water partition coefficient (Wildman–Crippen LogP) is 3.83. The molecule has 0 saturated heterocycles. The summed E-state index contributed by atoms with van der Waals surface area (Å²) in [5, 5.41) is 0. The van der Waals surface area contributed by atoms with Crippen molar-refractivity contribution in [2.45, 2.75) is 25.7 Å². The van der Waals surface area contributed by atoms with E-state index in [-0.39, 0.29) is 0 Å². The highest BCUT2D eigenvalue weighted by Gasteiger charge is 2.18. The highest BCUT2D eigenvalue weighted by molar-refractivity contribution is 9.13. The highest BCUT2D eigenvalue weighted by Crippen LogP contribution is 2.31. The third-order valence-electron chi connectivity index (χ3n) is 3.50. The Morgan fingerprint density at radius 3 is 2.60 bits per heavy atom. The maximum absolute atomic E-state index is 5.62. The molecule has 0 saturated carbocycles. The van der Waals surface area contributed by atoms with Gasteiger partial charge in [0.05, 0.1) is 0 Å². The number of aromatic nitrogens is 2. The minimum absolute atomic E-state index is 0.715. The zero-order chi connectivity index (χ0) is 14.1. The van der Waals surface area contributed by atoms with Crippen molar-refractivity contribution in [3.63, 3.8) is 0 Å². The van der Waals surface area contributed by atoms with Crippen molar-refractivity contribution in [3.8, 4) is 11.4 Å². The third-order valence-corrected chi connectivity index (χ3v) is 5.38. The van der Waals surface area contributed by atoms with Crippen molar-refractivity contribution in [2.75, 3.05) is 5.43 Å². The van der Waals surface area contributed by atoms with Gasteiger partial charge >= 0.3 is 0 Å². The van der Waals surface area contributed by atoms with Crippen LogP contribution in [-0.2, 0) is 12.8 Å². The van der Waals surface area contributed by atoms with Crippen molar-refractivity contribution in [1.82, 2.24) is 9.97 Å². The molecule has 0 unspecified atom stereocenters. The van der Waals surface area contributed by atoms with E-state index < -0.39 is 0 Å². The number of nitrogens with two attached hydrogens (primary N) is 1. The summed E-state index contributed by atoms with van der Waals surface area (Å²) < 4.78 is 2.00. The molecule has 1 aromatic carbocycles. The van der Waals surface area contributed by atoms with E-state index in [0.717, 1.165) is 38.9 Å². The number of anilines is 1. The quantitative estimate of drug-likeness (QED) is 0.597. The summed E-state index contributed by atoms with van der Waals surface area (Å²) in [5.41, 5.74) is 5.98. The SMILES string of the molecule is NNc1nc(-c2ccc(Br)c(Br)c2)nc2c1CCCC2. The van der Waals surface area contributed by atoms with Crippen molar-refractivity contribution in [1.29, 1.82) is 0 Å². The van der Waals surface area contributed by atoms with Crippen LogP contribution >= 0.6 is 31.9 Å². The van der Waals surface area contributed by atoms with E-state index in [4.69, 9.17) is 10.8 Å². The Labute approximate surface area is 134 Å². The number of hydrogen-bond donors (Lipinski definition) is 2. The average molecular weight is 398 g/mol. The van der Waals surface area contributed by atoms with Crippen LogP contribution in [0.1, 0.15) is 24.1 Å². The van der Waals surface area contributed by atoms with Crippen LogP contribution in [0.2, 0.25) is 0 Å². The van der Waals surface area contributed by atoms with Crippen LogP contribution in [0.4, 0.5) is 5.82 Å². The summed E-state index contributed by atoms with van der Waals surface area (Å²) in [6, 6.07) is 5.99. The van der Waals surface area contributed by atoms with Crippen molar-refractivity contribution in [2.24, 2.45) is 5.84 Å². The van der Waals surface area contributed by atoms with E-state index >= 15 is 0 Å². The second-order valence-electron chi connectivity index (χ2n) is 4.80. The standard InChI is InChI=1S/C14H14Br2N4/c15-10-6-5-8(7-11(10)16)13-18-12-4-2-1-3-9(12)14(19-13)20-17/h5-7H,1-4,17H2,(H,18,19,20). The van der Waals surface area contributed by atoms with Gasteiger partial charge in [0.1, 0.15) is 5.82 Å². The maximum atomic E-state index is 5.62. The van der Waals surface area contributed by atoms with Crippen molar-refractivity contribution >= 4 is 37.7 Å². The lowest BCUT2D eigenvalue weighted by Crippen LogP contribution is -2.17. The fraction of sp³-hybridized carbons (Fsp3) is 0.286. The van der Waals surface area contributed by atoms with Gasteiger partial charge in [0.25, 0.3) is 0 Å². The first kappa shape index (κ1) is 14.0. The van der Waals surface area contributed by atoms with Gasteiger partial charge in [0, 0.05) is 25.8 Å². The Balaban J connectivity index is 2.11. The Morgan fingerprint density at radius 1 is 1.05 bits per heavy atom. The summed E-state index contributed by atoms with van der Waals surface area (Å²) in [5.74, 6) is 7.09. The summed E-state index contributed by atoms with van der Waals surface area (Å²) in [6.45, 7) is 0. The van der Waals surface area contributed by atoms with Gasteiger partial charge in [-0.2, -0.15) is 0 Å². The van der Waals surface area contributed by atoms with Gasteiger partial charge in [0.2, 0.25) is 0 Å². The van der Waals surface area contributed by atoms with Crippen LogP contribution in [0.5, 0.6) is 0 Å². The number of nitrogens with zero attached hydrogens (tertiary/aromatic N) is 2. The van der Waals surface area contributed by atoms with Crippen LogP contribution in [0.25, 0.3) is 11.4 Å². The molecule has 3 rings (SSSR count). The number of fused-ring (bicyclic) bond motifs is 1. The lowest BCUT2D eigenvalue weighted by Gasteiger charge is -2.18. The maximum Gasteiger partial charge on any atom is 0.161 e. The predicted molar refractivity (Wildman–Crippen MR) is 87.3 cm³/mol. The molecule has 0 bridgehead atoms. The molecule has 104 valence electrons. The Bertz CT molecular complexity index is 641. The van der Waals surface area contributed by atoms with Gasteiger partial charge in [-0.05, 0) is 75.7 Å². The first-order valence-corrected chi connectivity index (χ1v) is 8.09. The number of hydrazine groups is 1. The van der Waals surface area contributed by atoms with Crippen LogP contribution in [-0.4, -0.2) is 9.97 Å². The monoisotopic (exact) mass is 396 g/mol. The lowest BCUT2D eigenvalue weighted by molar-refractivity contribution is 0.665.